The standard InChI is InChI=1S/C42H64N8O10Si2/c1-23(2)61(24(3)4)57-22-33-36(59-62(60-61,25(5)6)26(7)8)37(40(54-10)58-33)56-17-13-16-55-32-21-28(39(44)52)19-30-35(32)50(42(46)48-30)15-12-11-14-49-34-29(47-41(49)45)18-27(38(43)51)20-31(34)53-9/h11-12,18-21,23-26,33,36-37,40H,13-17,22H2,1-10H3,(H2,43,51)(H2,44,52)(H2,45,47)(H2,46,48)/b12-11+/t33-,36-,37-,40-/m1/s1. The number of carbonyl (C=O) groups excluding carboxylic acids is 2. The van der Waals surface area contributed by atoms with Gasteiger partial charge in [0.05, 0.1) is 38.0 Å². The van der Waals surface area contributed by atoms with Crippen molar-refractivity contribution >= 4 is 62.9 Å². The van der Waals surface area contributed by atoms with Crippen molar-refractivity contribution in [1.82, 2.24) is 19.1 Å². The van der Waals surface area contributed by atoms with Crippen LogP contribution in [0.25, 0.3) is 22.1 Å². The molecule has 2 aromatic heterocycles. The molecule has 2 aliphatic rings. The Kier molecular flexibility index (Phi) is 14.4. The average Bonchev–Trinajstić information content (AvgIpc) is 3.83. The van der Waals surface area contributed by atoms with E-state index in [0.29, 0.717) is 66.3 Å². The lowest BCUT2D eigenvalue weighted by Crippen LogP contribution is -2.66. The first-order valence-electron chi connectivity index (χ1n) is 21.2. The van der Waals surface area contributed by atoms with E-state index in [1.165, 1.54) is 7.11 Å². The number of carbonyl (C=O) groups is 2. The van der Waals surface area contributed by atoms with E-state index in [1.807, 2.05) is 12.2 Å². The number of nitrogens with zero attached hydrogens (tertiary/aromatic N) is 4. The largest absolute Gasteiger partial charge is 0.494 e. The highest BCUT2D eigenvalue weighted by atomic mass is 28.5. The molecule has 2 aromatic carbocycles. The fourth-order valence-corrected chi connectivity index (χ4v) is 19.9. The van der Waals surface area contributed by atoms with Gasteiger partial charge in [0.2, 0.25) is 23.7 Å². The summed E-state index contributed by atoms with van der Waals surface area (Å²) >= 11 is 0. The molecular weight excluding hydrogens is 833 g/mol. The third kappa shape index (κ3) is 8.96. The van der Waals surface area contributed by atoms with Gasteiger partial charge in [0.15, 0.2) is 6.29 Å². The van der Waals surface area contributed by atoms with Gasteiger partial charge in [-0.05, 0) is 46.4 Å². The molecule has 0 aliphatic carbocycles. The van der Waals surface area contributed by atoms with Gasteiger partial charge >= 0.3 is 17.1 Å². The van der Waals surface area contributed by atoms with E-state index >= 15 is 0 Å². The van der Waals surface area contributed by atoms with Crippen LogP contribution in [0.3, 0.4) is 0 Å². The fraction of sp³-hybridized carbons (Fsp3) is 0.571. The van der Waals surface area contributed by atoms with Crippen molar-refractivity contribution in [1.29, 1.82) is 0 Å². The normalized spacial score (nSPS) is 21.4. The molecule has 0 saturated carbocycles. The van der Waals surface area contributed by atoms with Crippen molar-refractivity contribution in [3.8, 4) is 11.5 Å². The Labute approximate surface area is 364 Å². The van der Waals surface area contributed by atoms with Gasteiger partial charge in [-0.15, -0.1) is 0 Å². The predicted molar refractivity (Wildman–Crippen MR) is 240 cm³/mol. The smallest absolute Gasteiger partial charge is 0.335 e. The average molecular weight is 897 g/mol. The third-order valence-electron chi connectivity index (χ3n) is 11.9. The van der Waals surface area contributed by atoms with E-state index < -0.39 is 53.5 Å². The number of fused-ring (bicyclic) bond motifs is 3. The lowest BCUT2D eigenvalue weighted by molar-refractivity contribution is -0.165. The van der Waals surface area contributed by atoms with Gasteiger partial charge in [-0.25, -0.2) is 9.97 Å². The van der Waals surface area contributed by atoms with Crippen LogP contribution >= 0.6 is 0 Å². The first-order valence-corrected chi connectivity index (χ1v) is 25.2. The molecule has 0 unspecified atom stereocenters. The van der Waals surface area contributed by atoms with E-state index in [1.54, 1.807) is 40.5 Å². The van der Waals surface area contributed by atoms with Crippen LogP contribution < -0.4 is 32.4 Å². The molecule has 0 spiro atoms. The number of imidazole rings is 2. The van der Waals surface area contributed by atoms with Crippen molar-refractivity contribution in [3.05, 3.63) is 47.5 Å². The summed E-state index contributed by atoms with van der Waals surface area (Å²) in [7, 11) is -2.59. The highest BCUT2D eigenvalue weighted by Crippen LogP contribution is 2.48. The van der Waals surface area contributed by atoms with E-state index in [0.717, 1.165) is 0 Å². The summed E-state index contributed by atoms with van der Waals surface area (Å²) in [4.78, 5) is 33.2. The molecule has 4 aromatic rings. The summed E-state index contributed by atoms with van der Waals surface area (Å²) in [5.74, 6) is 0.0109. The van der Waals surface area contributed by atoms with Crippen LogP contribution in [0.4, 0.5) is 11.9 Å². The van der Waals surface area contributed by atoms with Gasteiger partial charge in [0.1, 0.15) is 40.8 Å². The molecule has 4 heterocycles. The monoisotopic (exact) mass is 896 g/mol. The van der Waals surface area contributed by atoms with Crippen molar-refractivity contribution in [2.24, 2.45) is 11.5 Å². The van der Waals surface area contributed by atoms with Crippen LogP contribution in [0.15, 0.2) is 36.4 Å². The zero-order valence-corrected chi connectivity index (χ0v) is 39.5. The number of anilines is 2. The van der Waals surface area contributed by atoms with Crippen LogP contribution in [-0.4, -0.2) is 107 Å². The van der Waals surface area contributed by atoms with E-state index in [-0.39, 0.29) is 51.8 Å². The Bertz CT molecular complexity index is 2260. The first-order chi connectivity index (χ1) is 29.4. The molecule has 4 atom stereocenters. The van der Waals surface area contributed by atoms with Crippen LogP contribution in [0, 0.1) is 0 Å². The zero-order chi connectivity index (χ0) is 45.3. The molecule has 62 heavy (non-hydrogen) atoms. The summed E-state index contributed by atoms with van der Waals surface area (Å²) in [5, 5.41) is 0. The molecule has 0 bridgehead atoms. The highest BCUT2D eigenvalue weighted by Gasteiger charge is 2.62. The Hall–Kier alpha value is -4.55. The maximum Gasteiger partial charge on any atom is 0.335 e. The molecule has 0 radical (unpaired) electrons. The molecule has 18 nitrogen and oxygen atoms in total. The van der Waals surface area contributed by atoms with Crippen LogP contribution in [0.2, 0.25) is 22.2 Å². The molecule has 2 fully saturated rings. The van der Waals surface area contributed by atoms with Gasteiger partial charge in [0, 0.05) is 37.7 Å². The number of amides is 2. The van der Waals surface area contributed by atoms with Gasteiger partial charge in [-0.1, -0.05) is 67.5 Å². The van der Waals surface area contributed by atoms with Crippen molar-refractivity contribution < 1.29 is 46.2 Å². The Balaban J connectivity index is 1.17. The summed E-state index contributed by atoms with van der Waals surface area (Å²) in [5.41, 5.74) is 27.2. The lowest BCUT2D eigenvalue weighted by atomic mass is 10.1. The van der Waals surface area contributed by atoms with Gasteiger partial charge in [0.25, 0.3) is 0 Å². The van der Waals surface area contributed by atoms with Crippen molar-refractivity contribution in [2.75, 3.05) is 45.5 Å². The number of hydrogen-bond donors (Lipinski definition) is 4. The predicted octanol–water partition coefficient (Wildman–Crippen LogP) is 5.50. The highest BCUT2D eigenvalue weighted by molar-refractivity contribution is 6.84. The van der Waals surface area contributed by atoms with E-state index in [4.69, 9.17) is 59.6 Å². The van der Waals surface area contributed by atoms with E-state index in [9.17, 15) is 9.59 Å². The second-order valence-electron chi connectivity index (χ2n) is 17.1. The van der Waals surface area contributed by atoms with Crippen molar-refractivity contribution in [3.63, 3.8) is 0 Å². The number of rotatable bonds is 18. The second kappa shape index (κ2) is 19.1. The van der Waals surface area contributed by atoms with Gasteiger partial charge < -0.3 is 68.7 Å². The second-order valence-corrected chi connectivity index (χ2v) is 26.0. The Morgan fingerprint density at radius 1 is 0.790 bits per heavy atom. The molecule has 20 heteroatoms. The molecule has 2 aliphatic heterocycles. The molecular formula is C42H64N8O10Si2. The number of primary amides is 2. The number of benzene rings is 2. The molecule has 2 saturated heterocycles. The Morgan fingerprint density at radius 3 is 1.79 bits per heavy atom. The maximum atomic E-state index is 12.4. The van der Waals surface area contributed by atoms with Crippen LogP contribution in [-0.2, 0) is 40.3 Å². The topological polar surface area (TPSA) is 248 Å². The number of ether oxygens (including phenoxy) is 5. The molecule has 6 rings (SSSR count). The molecule has 340 valence electrons. The summed E-state index contributed by atoms with van der Waals surface area (Å²) in [6, 6.07) is 6.31. The van der Waals surface area contributed by atoms with Crippen LogP contribution in [0.5, 0.6) is 11.5 Å². The summed E-state index contributed by atoms with van der Waals surface area (Å²) in [6.07, 6.45) is 2.17. The Morgan fingerprint density at radius 2 is 1.31 bits per heavy atom. The zero-order valence-electron chi connectivity index (χ0n) is 37.5. The summed E-state index contributed by atoms with van der Waals surface area (Å²) in [6.45, 7) is 18.9. The lowest BCUT2D eigenvalue weighted by Gasteiger charge is -2.51. The minimum Gasteiger partial charge on any atom is -0.494 e. The van der Waals surface area contributed by atoms with Crippen molar-refractivity contribution in [2.45, 2.75) is 122 Å². The third-order valence-corrected chi connectivity index (χ3v) is 22.1. The summed E-state index contributed by atoms with van der Waals surface area (Å²) < 4.78 is 55.8. The van der Waals surface area contributed by atoms with Gasteiger partial charge in [-0.2, -0.15) is 0 Å². The minimum atomic E-state index is -2.94. The first kappa shape index (κ1) is 46.9. The SMILES string of the molecule is COc1cc(C(N)=O)cc2nc(N)n(C/C=C/Cn3c(N)nc4cc(C(N)=O)cc(OCCCO[C@H]5[C@H](OC)O[C@@H]6CO[Si](C(C)C)(C(C)C)O[Si](C(C)C)(C(C)C)O[C@@H]56)c43)c12. The number of hydrogen-bond acceptors (Lipinski definition) is 14. The number of methoxy groups -OCH3 is 2. The number of nitrogen functional groups attached to an aromatic ring is 2. The van der Waals surface area contributed by atoms with E-state index in [2.05, 4.69) is 65.4 Å². The number of allylic oxidation sites excluding steroid dienone is 2. The molecule has 8 N–H and O–H groups in total. The number of aromatic nitrogens is 4. The maximum absolute atomic E-state index is 12.4. The van der Waals surface area contributed by atoms with Gasteiger partial charge in [-0.3, -0.25) is 9.59 Å². The number of nitrogens with two attached hydrogens (primary N) is 4. The quantitative estimate of drug-likeness (QED) is 0.0548. The molecule has 2 amide bonds. The minimum absolute atomic E-state index is 0.134. The van der Waals surface area contributed by atoms with Crippen LogP contribution in [0.1, 0.15) is 82.5 Å². The fourth-order valence-electron chi connectivity index (χ4n) is 8.71.